The highest BCUT2D eigenvalue weighted by atomic mass is 16.5. The van der Waals surface area contributed by atoms with Crippen molar-refractivity contribution in [3.8, 4) is 0 Å². The zero-order chi connectivity index (χ0) is 17.4. The van der Waals surface area contributed by atoms with Gasteiger partial charge in [0.1, 0.15) is 0 Å². The lowest BCUT2D eigenvalue weighted by Gasteiger charge is -2.36. The van der Waals surface area contributed by atoms with Crippen LogP contribution in [0.4, 0.5) is 4.79 Å². The van der Waals surface area contributed by atoms with Crippen LogP contribution in [0.5, 0.6) is 0 Å². The highest BCUT2D eigenvalue weighted by Crippen LogP contribution is 2.71. The number of hydrogen-bond donors (Lipinski definition) is 1. The lowest BCUT2D eigenvalue weighted by molar-refractivity contribution is -0.140. The number of carbonyl (C=O) groups excluding carboxylic acids is 2. The molecule has 5 rings (SSSR count). The Kier molecular flexibility index (Phi) is 2.91. The number of likely N-dealkylation sites (tertiary alicyclic amines) is 1. The minimum atomic E-state index is -0.713. The van der Waals surface area contributed by atoms with Crippen LogP contribution in [0, 0.1) is 30.1 Å². The summed E-state index contributed by atoms with van der Waals surface area (Å²) in [5.41, 5.74) is 8.00. The number of primary amides is 1. The zero-order valence-corrected chi connectivity index (χ0v) is 14.5. The summed E-state index contributed by atoms with van der Waals surface area (Å²) in [6.45, 7) is 4.26. The molecule has 1 aromatic rings. The van der Waals surface area contributed by atoms with Crippen LogP contribution in [-0.4, -0.2) is 36.6 Å². The van der Waals surface area contributed by atoms with Gasteiger partial charge in [-0.15, -0.1) is 0 Å². The lowest BCUT2D eigenvalue weighted by atomic mass is 9.74. The highest BCUT2D eigenvalue weighted by molar-refractivity contribution is 5.82. The van der Waals surface area contributed by atoms with Gasteiger partial charge in [0.25, 0.3) is 0 Å². The number of nitrogens with zero attached hydrogens (tertiary/aromatic N) is 1. The second-order valence-corrected chi connectivity index (χ2v) is 8.73. The van der Waals surface area contributed by atoms with Gasteiger partial charge in [0.15, 0.2) is 0 Å². The summed E-state index contributed by atoms with van der Waals surface area (Å²) in [6, 6.07) is 8.82. The van der Waals surface area contributed by atoms with Crippen LogP contribution in [-0.2, 0) is 14.9 Å². The summed E-state index contributed by atoms with van der Waals surface area (Å²) >= 11 is 0. The van der Waals surface area contributed by atoms with E-state index in [4.69, 9.17) is 10.5 Å². The first-order valence-electron chi connectivity index (χ1n) is 9.22. The molecule has 5 heteroatoms. The average Bonchev–Trinajstić information content (AvgIpc) is 3.37. The van der Waals surface area contributed by atoms with Gasteiger partial charge in [-0.1, -0.05) is 29.8 Å². The Morgan fingerprint density at radius 1 is 1.24 bits per heavy atom. The number of benzene rings is 1. The lowest BCUT2D eigenvalue weighted by Crippen LogP contribution is -2.44. The third-order valence-corrected chi connectivity index (χ3v) is 7.27. The Morgan fingerprint density at radius 3 is 2.68 bits per heavy atom. The smallest absolute Gasteiger partial charge is 0.404 e. The fourth-order valence-corrected chi connectivity index (χ4v) is 5.52. The van der Waals surface area contributed by atoms with Crippen molar-refractivity contribution >= 4 is 12.0 Å². The van der Waals surface area contributed by atoms with E-state index in [-0.39, 0.29) is 16.7 Å². The fourth-order valence-electron chi connectivity index (χ4n) is 5.52. The average molecular weight is 340 g/mol. The van der Waals surface area contributed by atoms with E-state index >= 15 is 0 Å². The Balaban J connectivity index is 1.22. The summed E-state index contributed by atoms with van der Waals surface area (Å²) in [4.78, 5) is 25.8. The summed E-state index contributed by atoms with van der Waals surface area (Å²) in [6.07, 6.45) is 2.35. The second kappa shape index (κ2) is 4.77. The summed E-state index contributed by atoms with van der Waals surface area (Å²) in [5, 5.41) is 0. The molecule has 4 fully saturated rings. The van der Waals surface area contributed by atoms with Crippen LogP contribution in [0.25, 0.3) is 0 Å². The predicted molar refractivity (Wildman–Crippen MR) is 91.7 cm³/mol. The third-order valence-electron chi connectivity index (χ3n) is 7.27. The topological polar surface area (TPSA) is 72.6 Å². The Labute approximate surface area is 147 Å². The molecule has 1 heterocycles. The largest absolute Gasteiger partial charge is 0.449 e. The van der Waals surface area contributed by atoms with E-state index in [0.717, 1.165) is 25.9 Å². The van der Waals surface area contributed by atoms with Crippen molar-refractivity contribution in [1.29, 1.82) is 0 Å². The van der Waals surface area contributed by atoms with Crippen LogP contribution in [0.2, 0.25) is 0 Å². The fraction of sp³-hybridized carbons (Fsp3) is 0.600. The van der Waals surface area contributed by atoms with Crippen molar-refractivity contribution in [2.45, 2.75) is 31.6 Å². The molecule has 4 aliphatic rings. The van der Waals surface area contributed by atoms with E-state index in [1.54, 1.807) is 0 Å². The predicted octanol–water partition coefficient (Wildman–Crippen LogP) is 2.22. The van der Waals surface area contributed by atoms with E-state index in [2.05, 4.69) is 36.1 Å². The van der Waals surface area contributed by atoms with Gasteiger partial charge in [0.2, 0.25) is 5.91 Å². The van der Waals surface area contributed by atoms with E-state index in [9.17, 15) is 9.59 Å². The molecular weight excluding hydrogens is 316 g/mol. The minimum absolute atomic E-state index is 0.0621. The van der Waals surface area contributed by atoms with E-state index in [1.165, 1.54) is 17.5 Å². The SMILES string of the molecule is Cc1ccc(C23CC2CN(C(=O)[C@@H]2C[C@]4(COC(N)=O)CC24)C3)cc1. The number of rotatable bonds is 4. The molecule has 5 nitrogen and oxygen atoms in total. The normalized spacial score (nSPS) is 39.9. The number of carbonyl (C=O) groups is 2. The van der Waals surface area contributed by atoms with Crippen molar-refractivity contribution < 1.29 is 14.3 Å². The molecule has 0 radical (unpaired) electrons. The molecule has 3 aliphatic carbocycles. The third kappa shape index (κ3) is 2.14. The molecule has 0 bridgehead atoms. The van der Waals surface area contributed by atoms with Gasteiger partial charge < -0.3 is 15.4 Å². The van der Waals surface area contributed by atoms with Gasteiger partial charge in [0.05, 0.1) is 6.61 Å². The van der Waals surface area contributed by atoms with Crippen LogP contribution < -0.4 is 5.73 Å². The second-order valence-electron chi connectivity index (χ2n) is 8.73. The minimum Gasteiger partial charge on any atom is -0.449 e. The number of piperidine rings is 1. The van der Waals surface area contributed by atoms with Gasteiger partial charge in [-0.05, 0) is 43.6 Å². The number of hydrogen-bond acceptors (Lipinski definition) is 3. The first-order chi connectivity index (χ1) is 11.9. The van der Waals surface area contributed by atoms with Crippen LogP contribution in [0.1, 0.15) is 30.4 Å². The first kappa shape index (κ1) is 15.2. The molecule has 0 aromatic heterocycles. The number of aryl methyl sites for hydroxylation is 1. The molecule has 2 amide bonds. The summed E-state index contributed by atoms with van der Waals surface area (Å²) in [5.74, 6) is 1.47. The zero-order valence-electron chi connectivity index (χ0n) is 14.5. The Morgan fingerprint density at radius 2 is 2.00 bits per heavy atom. The molecule has 2 N–H and O–H groups in total. The molecular formula is C20H24N2O3. The maximum Gasteiger partial charge on any atom is 0.404 e. The van der Waals surface area contributed by atoms with E-state index in [0.29, 0.717) is 24.3 Å². The molecule has 3 unspecified atom stereocenters. The number of amides is 2. The molecule has 132 valence electrons. The molecule has 1 saturated heterocycles. The van der Waals surface area contributed by atoms with Gasteiger partial charge in [-0.2, -0.15) is 0 Å². The van der Waals surface area contributed by atoms with E-state index < -0.39 is 6.09 Å². The van der Waals surface area contributed by atoms with Crippen molar-refractivity contribution in [2.24, 2.45) is 28.9 Å². The number of nitrogens with two attached hydrogens (primary N) is 1. The van der Waals surface area contributed by atoms with Gasteiger partial charge in [-0.3, -0.25) is 4.79 Å². The van der Waals surface area contributed by atoms with E-state index in [1.807, 2.05) is 0 Å². The summed E-state index contributed by atoms with van der Waals surface area (Å²) < 4.78 is 4.97. The van der Waals surface area contributed by atoms with Gasteiger partial charge in [-0.25, -0.2) is 4.79 Å². The van der Waals surface area contributed by atoms with Crippen molar-refractivity contribution in [2.75, 3.05) is 19.7 Å². The molecule has 3 saturated carbocycles. The molecule has 0 spiro atoms. The van der Waals surface area contributed by atoms with Crippen molar-refractivity contribution in [1.82, 2.24) is 4.90 Å². The standard InChI is InChI=1S/C20H24N2O3/c1-12-2-4-13(5-3-12)20-6-14(20)9-22(10-20)17(23)15-7-19(8-16(15)19)11-25-18(21)24/h2-5,14-16H,6-11H2,1H3,(H2,21,24)/t14?,15-,16?,19-,20?/m1/s1. The number of ether oxygens (including phenoxy) is 1. The van der Waals surface area contributed by atoms with Gasteiger partial charge in [0, 0.05) is 29.8 Å². The monoisotopic (exact) mass is 340 g/mol. The van der Waals surface area contributed by atoms with Crippen LogP contribution in [0.15, 0.2) is 24.3 Å². The maximum atomic E-state index is 12.9. The van der Waals surface area contributed by atoms with Gasteiger partial charge >= 0.3 is 6.09 Å². The Hall–Kier alpha value is -2.04. The molecule has 1 aliphatic heterocycles. The first-order valence-corrected chi connectivity index (χ1v) is 9.22. The van der Waals surface area contributed by atoms with Crippen molar-refractivity contribution in [3.63, 3.8) is 0 Å². The Bertz CT molecular complexity index is 761. The number of fused-ring (bicyclic) bond motifs is 2. The van der Waals surface area contributed by atoms with Crippen molar-refractivity contribution in [3.05, 3.63) is 35.4 Å². The molecule has 5 atom stereocenters. The summed E-state index contributed by atoms with van der Waals surface area (Å²) in [7, 11) is 0. The maximum absolute atomic E-state index is 12.9. The van der Waals surface area contributed by atoms with Crippen LogP contribution in [0.3, 0.4) is 0 Å². The molecule has 1 aromatic carbocycles. The quantitative estimate of drug-likeness (QED) is 0.913. The highest BCUT2D eigenvalue weighted by Gasteiger charge is 2.71. The molecule has 25 heavy (non-hydrogen) atoms. The van der Waals surface area contributed by atoms with Crippen LogP contribution >= 0.6 is 0 Å².